The molecule has 0 fully saturated rings. The van der Waals surface area contributed by atoms with Crippen molar-refractivity contribution in [3.05, 3.63) is 69.8 Å². The Labute approximate surface area is 234 Å². The zero-order valence-corrected chi connectivity index (χ0v) is 24.5. The summed E-state index contributed by atoms with van der Waals surface area (Å²) >= 11 is 2.93. The summed E-state index contributed by atoms with van der Waals surface area (Å²) in [5.41, 5.74) is 10.7. The Morgan fingerprint density at radius 1 is 1.13 bits per heavy atom. The lowest BCUT2D eigenvalue weighted by atomic mass is 9.97. The van der Waals surface area contributed by atoms with E-state index < -0.39 is 0 Å². The number of benzene rings is 1. The van der Waals surface area contributed by atoms with Crippen molar-refractivity contribution in [1.82, 2.24) is 29.1 Å². The number of rotatable bonds is 6. The van der Waals surface area contributed by atoms with Gasteiger partial charge in [-0.3, -0.25) is 9.20 Å². The number of nitrogens with two attached hydrogens (primary N) is 1. The summed E-state index contributed by atoms with van der Waals surface area (Å²) in [5, 5.41) is 9.18. The smallest absolute Gasteiger partial charge is 0.274 e. The summed E-state index contributed by atoms with van der Waals surface area (Å²) in [4.78, 5) is 28.9. The molecule has 0 aliphatic carbocycles. The molecule has 0 bridgehead atoms. The molecule has 5 heterocycles. The lowest BCUT2D eigenvalue weighted by Crippen LogP contribution is -2.21. The van der Waals surface area contributed by atoms with Gasteiger partial charge in [0.15, 0.2) is 5.65 Å². The molecule has 12 heteroatoms. The van der Waals surface area contributed by atoms with E-state index in [2.05, 4.69) is 30.3 Å². The number of aryl methyl sites for hydroxylation is 1. The molecule has 2 N–H and O–H groups in total. The largest absolute Gasteiger partial charge is 0.467 e. The van der Waals surface area contributed by atoms with Crippen LogP contribution in [0.15, 0.2) is 53.0 Å². The first-order valence-electron chi connectivity index (χ1n) is 12.3. The lowest BCUT2D eigenvalue weighted by molar-refractivity contribution is 0.241. The number of nitrogen functional groups attached to an aromatic ring is 1. The molecule has 0 aliphatic rings. The van der Waals surface area contributed by atoms with Crippen LogP contribution in [0.25, 0.3) is 37.6 Å². The first kappa shape index (κ1) is 25.6. The third kappa shape index (κ3) is 4.40. The van der Waals surface area contributed by atoms with E-state index in [4.69, 9.17) is 15.6 Å². The Kier molecular flexibility index (Phi) is 6.45. The van der Waals surface area contributed by atoms with E-state index in [0.29, 0.717) is 33.3 Å². The highest BCUT2D eigenvalue weighted by molar-refractivity contribution is 7.27. The van der Waals surface area contributed by atoms with Crippen molar-refractivity contribution in [1.29, 1.82) is 0 Å². The summed E-state index contributed by atoms with van der Waals surface area (Å²) in [6.45, 7) is 7.88. The Morgan fingerprint density at radius 3 is 2.72 bits per heavy atom. The van der Waals surface area contributed by atoms with Crippen LogP contribution in [-0.2, 0) is 0 Å². The molecular formula is C27H26N7O2PS2. The van der Waals surface area contributed by atoms with E-state index in [1.165, 1.54) is 17.7 Å². The molecule has 6 rings (SSSR count). The number of fused-ring (bicyclic) bond motifs is 2. The summed E-state index contributed by atoms with van der Waals surface area (Å²) in [5.74, 6) is 0.327. The summed E-state index contributed by atoms with van der Waals surface area (Å²) in [6.07, 6.45) is 3.17. The minimum Gasteiger partial charge on any atom is -0.467 e. The molecule has 0 aliphatic heterocycles. The molecule has 6 aromatic rings. The SMILES string of the molecule is Cc1csc2cc([C@H](C)n3nc(-c4cnc(OC(C)C)s4)c4c(N)ncnc43)c(-c3cccc(P)c3)c(=O)n12. The van der Waals surface area contributed by atoms with E-state index >= 15 is 0 Å². The number of thiazole rings is 2. The van der Waals surface area contributed by atoms with Crippen LogP contribution >= 0.6 is 31.9 Å². The summed E-state index contributed by atoms with van der Waals surface area (Å²) in [7, 11) is 2.71. The number of ether oxygens (including phenoxy) is 1. The molecule has 1 aromatic carbocycles. The van der Waals surface area contributed by atoms with Gasteiger partial charge in [0, 0.05) is 11.1 Å². The number of hydrogen-bond donors (Lipinski definition) is 1. The second kappa shape index (κ2) is 9.82. The average molecular weight is 576 g/mol. The quantitative estimate of drug-likeness (QED) is 0.276. The molecule has 198 valence electrons. The molecule has 5 aromatic heterocycles. The molecule has 2 atom stereocenters. The number of nitrogens with zero attached hydrogens (tertiary/aromatic N) is 6. The van der Waals surface area contributed by atoms with Gasteiger partial charge in [-0.1, -0.05) is 29.5 Å². The number of hydrogen-bond acceptors (Lipinski definition) is 9. The van der Waals surface area contributed by atoms with Crippen LogP contribution in [-0.4, -0.2) is 35.2 Å². The predicted molar refractivity (Wildman–Crippen MR) is 161 cm³/mol. The van der Waals surface area contributed by atoms with Crippen LogP contribution in [0.4, 0.5) is 5.82 Å². The first-order valence-corrected chi connectivity index (χ1v) is 14.6. The normalized spacial score (nSPS) is 12.6. The van der Waals surface area contributed by atoms with Crippen LogP contribution in [0.2, 0.25) is 0 Å². The Morgan fingerprint density at radius 2 is 1.95 bits per heavy atom. The average Bonchev–Trinajstić information content (AvgIpc) is 3.61. The van der Waals surface area contributed by atoms with E-state index in [1.807, 2.05) is 62.0 Å². The monoisotopic (exact) mass is 575 g/mol. The maximum atomic E-state index is 14.0. The third-order valence-corrected chi connectivity index (χ3v) is 8.73. The minimum atomic E-state index is -0.349. The fourth-order valence-electron chi connectivity index (χ4n) is 4.73. The van der Waals surface area contributed by atoms with Gasteiger partial charge in [0.05, 0.1) is 34.2 Å². The number of anilines is 1. The Balaban J connectivity index is 1.59. The lowest BCUT2D eigenvalue weighted by Gasteiger charge is -2.18. The van der Waals surface area contributed by atoms with Crippen molar-refractivity contribution in [2.45, 2.75) is 39.8 Å². The molecule has 0 saturated carbocycles. The second-order valence-electron chi connectivity index (χ2n) is 9.54. The van der Waals surface area contributed by atoms with Gasteiger partial charge >= 0.3 is 0 Å². The van der Waals surface area contributed by atoms with E-state index in [1.54, 1.807) is 21.9 Å². The van der Waals surface area contributed by atoms with Gasteiger partial charge in [-0.2, -0.15) is 5.10 Å². The van der Waals surface area contributed by atoms with Crippen molar-refractivity contribution in [3.63, 3.8) is 0 Å². The number of pyridine rings is 1. The Hall–Kier alpha value is -3.66. The van der Waals surface area contributed by atoms with Gasteiger partial charge in [-0.05, 0) is 56.3 Å². The van der Waals surface area contributed by atoms with Crippen LogP contribution in [0.1, 0.15) is 38.1 Å². The zero-order valence-electron chi connectivity index (χ0n) is 21.7. The molecule has 9 nitrogen and oxygen atoms in total. The minimum absolute atomic E-state index is 0.000123. The topological polar surface area (TPSA) is 113 Å². The standard InChI is InChI=1S/C27H26N7O2PS2/c1-13(2)36-27-29-10-19(39-27)23-22-24(28)30-12-31-25(22)34(32-23)15(4)18-9-20-33(14(3)11-38-20)26(35)21(18)16-6-5-7-17(37)8-16/h5-13,15H,37H2,1-4H3,(H2,28,30,31)/t15-/m0/s1. The van der Waals surface area contributed by atoms with Gasteiger partial charge in [0.2, 0.25) is 0 Å². The van der Waals surface area contributed by atoms with Crippen LogP contribution in [0.3, 0.4) is 0 Å². The summed E-state index contributed by atoms with van der Waals surface area (Å²) < 4.78 is 9.38. The zero-order chi connectivity index (χ0) is 27.4. The third-order valence-electron chi connectivity index (χ3n) is 6.47. The Bertz CT molecular complexity index is 1920. The number of aromatic nitrogens is 6. The van der Waals surface area contributed by atoms with Crippen molar-refractivity contribution in [2.24, 2.45) is 0 Å². The molecule has 0 radical (unpaired) electrons. The maximum absolute atomic E-state index is 14.0. The fraction of sp³-hybridized carbons (Fsp3) is 0.222. The van der Waals surface area contributed by atoms with Gasteiger partial charge in [0.25, 0.3) is 10.8 Å². The highest BCUT2D eigenvalue weighted by atomic mass is 32.1. The van der Waals surface area contributed by atoms with Gasteiger partial charge in [0.1, 0.15) is 22.7 Å². The molecule has 0 spiro atoms. The van der Waals surface area contributed by atoms with Crippen molar-refractivity contribution >= 4 is 58.9 Å². The van der Waals surface area contributed by atoms with Crippen LogP contribution in [0.5, 0.6) is 5.19 Å². The molecular weight excluding hydrogens is 549 g/mol. The van der Waals surface area contributed by atoms with Crippen molar-refractivity contribution in [3.8, 4) is 26.9 Å². The molecule has 0 amide bonds. The van der Waals surface area contributed by atoms with E-state index in [0.717, 1.165) is 31.8 Å². The van der Waals surface area contributed by atoms with Gasteiger partial charge in [-0.25, -0.2) is 19.6 Å². The van der Waals surface area contributed by atoms with Crippen molar-refractivity contribution < 1.29 is 4.74 Å². The van der Waals surface area contributed by atoms with E-state index in [9.17, 15) is 4.79 Å². The van der Waals surface area contributed by atoms with Crippen molar-refractivity contribution in [2.75, 3.05) is 5.73 Å². The fourth-order valence-corrected chi connectivity index (χ4v) is 6.83. The molecule has 1 unspecified atom stereocenters. The maximum Gasteiger partial charge on any atom is 0.274 e. The van der Waals surface area contributed by atoms with Gasteiger partial charge < -0.3 is 10.5 Å². The summed E-state index contributed by atoms with van der Waals surface area (Å²) in [6, 6.07) is 9.65. The molecule has 39 heavy (non-hydrogen) atoms. The highest BCUT2D eigenvalue weighted by Gasteiger charge is 2.26. The van der Waals surface area contributed by atoms with Gasteiger partial charge in [-0.15, -0.1) is 20.6 Å². The second-order valence-corrected chi connectivity index (χ2v) is 12.1. The van der Waals surface area contributed by atoms with E-state index in [-0.39, 0.29) is 17.7 Å². The van der Waals surface area contributed by atoms with Crippen LogP contribution in [0, 0.1) is 6.92 Å². The molecule has 0 saturated heterocycles. The predicted octanol–water partition coefficient (Wildman–Crippen LogP) is 5.08. The first-order chi connectivity index (χ1) is 18.7. The van der Waals surface area contributed by atoms with Crippen LogP contribution < -0.4 is 21.3 Å². The highest BCUT2D eigenvalue weighted by Crippen LogP contribution is 2.39.